The van der Waals surface area contributed by atoms with E-state index in [0.717, 1.165) is 35.0 Å². The Morgan fingerprint density at radius 3 is 2.73 bits per heavy atom. The number of hydrogen-bond donors (Lipinski definition) is 1. The number of aryl methyl sites for hydroxylation is 2. The van der Waals surface area contributed by atoms with Gasteiger partial charge in [0.2, 0.25) is 0 Å². The number of H-pyrrole nitrogens is 1. The first-order valence-corrected chi connectivity index (χ1v) is 11.4. The van der Waals surface area contributed by atoms with Crippen molar-refractivity contribution < 1.29 is 9.18 Å². The van der Waals surface area contributed by atoms with Crippen molar-refractivity contribution in [3.63, 3.8) is 0 Å². The van der Waals surface area contributed by atoms with Crippen LogP contribution in [-0.2, 0) is 6.42 Å². The molecule has 33 heavy (non-hydrogen) atoms. The van der Waals surface area contributed by atoms with Gasteiger partial charge in [0.1, 0.15) is 11.5 Å². The van der Waals surface area contributed by atoms with Gasteiger partial charge in [-0.15, -0.1) is 0 Å². The Bertz CT molecular complexity index is 1320. The Hall–Kier alpha value is -3.54. The lowest BCUT2D eigenvalue weighted by Gasteiger charge is -2.23. The number of carbonyl (C=O) groups excluding carboxylic acids is 1. The summed E-state index contributed by atoms with van der Waals surface area (Å²) in [7, 11) is 0. The van der Waals surface area contributed by atoms with Gasteiger partial charge in [0.05, 0.1) is 0 Å². The molecule has 2 aromatic heterocycles. The molecule has 1 aliphatic carbocycles. The molecule has 0 aliphatic heterocycles. The van der Waals surface area contributed by atoms with Gasteiger partial charge in [0.15, 0.2) is 5.69 Å². The number of aromatic nitrogens is 3. The van der Waals surface area contributed by atoms with Gasteiger partial charge in [-0.1, -0.05) is 18.2 Å². The van der Waals surface area contributed by atoms with Crippen molar-refractivity contribution >= 4 is 16.8 Å². The SMILES string of the molecule is Cc1ccc(-c2nccnc2C(=O)N(CCc2c[nH]c3cccc(F)c23)CC2CC2)cc1C. The summed E-state index contributed by atoms with van der Waals surface area (Å²) in [6.07, 6.45) is 7.88. The molecular formula is C27H27FN4O. The molecule has 0 atom stereocenters. The van der Waals surface area contributed by atoms with Crippen molar-refractivity contribution in [1.29, 1.82) is 0 Å². The largest absolute Gasteiger partial charge is 0.361 e. The Kier molecular flexibility index (Phi) is 5.67. The molecule has 1 aliphatic rings. The van der Waals surface area contributed by atoms with E-state index in [-0.39, 0.29) is 11.7 Å². The number of fused-ring (bicyclic) bond motifs is 1. The third-order valence-corrected chi connectivity index (χ3v) is 6.53. The minimum Gasteiger partial charge on any atom is -0.361 e. The van der Waals surface area contributed by atoms with Crippen LogP contribution in [0.25, 0.3) is 22.2 Å². The molecule has 1 fully saturated rings. The highest BCUT2D eigenvalue weighted by Gasteiger charge is 2.29. The molecule has 168 valence electrons. The lowest BCUT2D eigenvalue weighted by Crippen LogP contribution is -2.35. The molecule has 2 aromatic carbocycles. The first kappa shape index (κ1) is 21.3. The summed E-state index contributed by atoms with van der Waals surface area (Å²) in [5.74, 6) is 0.161. The normalized spacial score (nSPS) is 13.4. The van der Waals surface area contributed by atoms with Crippen LogP contribution in [0.1, 0.15) is 40.0 Å². The molecule has 5 nitrogen and oxygen atoms in total. The fourth-order valence-corrected chi connectivity index (χ4v) is 4.29. The minimum atomic E-state index is -0.241. The number of hydrogen-bond acceptors (Lipinski definition) is 3. The summed E-state index contributed by atoms with van der Waals surface area (Å²) in [5.41, 5.74) is 5.85. The number of carbonyl (C=O) groups is 1. The summed E-state index contributed by atoms with van der Waals surface area (Å²) in [4.78, 5) is 27.7. The van der Waals surface area contributed by atoms with E-state index in [1.807, 2.05) is 29.3 Å². The zero-order valence-electron chi connectivity index (χ0n) is 18.9. The Morgan fingerprint density at radius 1 is 1.12 bits per heavy atom. The van der Waals surface area contributed by atoms with Crippen LogP contribution in [0.4, 0.5) is 4.39 Å². The number of nitrogens with one attached hydrogen (secondary N) is 1. The molecule has 0 radical (unpaired) electrons. The van der Waals surface area contributed by atoms with Gasteiger partial charge in [-0.25, -0.2) is 9.37 Å². The summed E-state index contributed by atoms with van der Waals surface area (Å²) in [6, 6.07) is 11.1. The predicted molar refractivity (Wildman–Crippen MR) is 128 cm³/mol. The molecule has 2 heterocycles. The quantitative estimate of drug-likeness (QED) is 0.412. The highest BCUT2D eigenvalue weighted by atomic mass is 19.1. The van der Waals surface area contributed by atoms with E-state index in [4.69, 9.17) is 0 Å². The van der Waals surface area contributed by atoms with Gasteiger partial charge < -0.3 is 9.88 Å². The van der Waals surface area contributed by atoms with Gasteiger partial charge >= 0.3 is 0 Å². The lowest BCUT2D eigenvalue weighted by molar-refractivity contribution is 0.0744. The second kappa shape index (κ2) is 8.77. The number of aromatic amines is 1. The summed E-state index contributed by atoms with van der Waals surface area (Å²) < 4.78 is 14.4. The fourth-order valence-electron chi connectivity index (χ4n) is 4.29. The standard InChI is InChI=1S/C27H27FN4O/c1-17-6-9-20(14-18(17)2)25-26(30-12-11-29-25)27(33)32(16-19-7-8-19)13-10-21-15-31-23-5-3-4-22(28)24(21)23/h3-6,9,11-12,14-15,19,31H,7-8,10,13,16H2,1-2H3. The van der Waals surface area contributed by atoms with Crippen LogP contribution in [0.15, 0.2) is 55.0 Å². The van der Waals surface area contributed by atoms with E-state index < -0.39 is 0 Å². The fraction of sp³-hybridized carbons (Fsp3) is 0.296. The van der Waals surface area contributed by atoms with Crippen molar-refractivity contribution in [2.45, 2.75) is 33.1 Å². The second-order valence-corrected chi connectivity index (χ2v) is 8.97. The number of benzene rings is 2. The molecule has 6 heteroatoms. The molecule has 0 bridgehead atoms. The molecule has 1 N–H and O–H groups in total. The molecule has 0 saturated heterocycles. The monoisotopic (exact) mass is 442 g/mol. The van der Waals surface area contributed by atoms with E-state index in [0.29, 0.717) is 42.2 Å². The highest BCUT2D eigenvalue weighted by molar-refractivity contribution is 5.98. The highest BCUT2D eigenvalue weighted by Crippen LogP contribution is 2.31. The topological polar surface area (TPSA) is 61.9 Å². The maximum atomic E-state index is 14.4. The zero-order valence-corrected chi connectivity index (χ0v) is 18.9. The van der Waals surface area contributed by atoms with E-state index in [2.05, 4.69) is 34.9 Å². The average Bonchev–Trinajstić information content (AvgIpc) is 3.55. The van der Waals surface area contributed by atoms with E-state index in [9.17, 15) is 9.18 Å². The molecule has 4 aromatic rings. The van der Waals surface area contributed by atoms with Gasteiger partial charge in [0.25, 0.3) is 5.91 Å². The van der Waals surface area contributed by atoms with Gasteiger partial charge in [-0.3, -0.25) is 9.78 Å². The average molecular weight is 443 g/mol. The van der Waals surface area contributed by atoms with Crippen LogP contribution >= 0.6 is 0 Å². The Labute approximate surface area is 192 Å². The first-order chi connectivity index (χ1) is 16.0. The molecule has 1 amide bonds. The summed E-state index contributed by atoms with van der Waals surface area (Å²) in [5, 5.41) is 0.603. The van der Waals surface area contributed by atoms with Gasteiger partial charge in [-0.2, -0.15) is 0 Å². The van der Waals surface area contributed by atoms with E-state index >= 15 is 0 Å². The molecule has 5 rings (SSSR count). The number of amides is 1. The third kappa shape index (κ3) is 4.38. The molecule has 1 saturated carbocycles. The minimum absolute atomic E-state index is 0.122. The van der Waals surface area contributed by atoms with E-state index in [1.165, 1.54) is 11.6 Å². The maximum absolute atomic E-state index is 14.4. The smallest absolute Gasteiger partial charge is 0.274 e. The molecular weight excluding hydrogens is 415 g/mol. The van der Waals surface area contributed by atoms with Crippen molar-refractivity contribution in [2.24, 2.45) is 5.92 Å². The summed E-state index contributed by atoms with van der Waals surface area (Å²) >= 11 is 0. The predicted octanol–water partition coefficient (Wildman–Crippen LogP) is 5.48. The van der Waals surface area contributed by atoms with Crippen LogP contribution in [0.5, 0.6) is 0 Å². The maximum Gasteiger partial charge on any atom is 0.274 e. The number of halogens is 1. The lowest BCUT2D eigenvalue weighted by atomic mass is 10.0. The number of rotatable bonds is 7. The van der Waals surface area contributed by atoms with Crippen molar-refractivity contribution in [3.8, 4) is 11.3 Å². The van der Waals surface area contributed by atoms with Crippen LogP contribution in [0.3, 0.4) is 0 Å². The third-order valence-electron chi connectivity index (χ3n) is 6.53. The van der Waals surface area contributed by atoms with Crippen LogP contribution < -0.4 is 0 Å². The zero-order chi connectivity index (χ0) is 22.9. The summed E-state index contributed by atoms with van der Waals surface area (Å²) in [6.45, 7) is 5.30. The Balaban J connectivity index is 1.44. The van der Waals surface area contributed by atoms with Crippen LogP contribution in [-0.4, -0.2) is 38.8 Å². The van der Waals surface area contributed by atoms with Crippen LogP contribution in [0, 0.1) is 25.6 Å². The van der Waals surface area contributed by atoms with Gasteiger partial charge in [-0.05, 0) is 73.9 Å². The molecule has 0 spiro atoms. The van der Waals surface area contributed by atoms with Crippen molar-refractivity contribution in [3.05, 3.63) is 83.2 Å². The number of nitrogens with zero attached hydrogens (tertiary/aromatic N) is 3. The van der Waals surface area contributed by atoms with Crippen LogP contribution in [0.2, 0.25) is 0 Å². The van der Waals surface area contributed by atoms with E-state index in [1.54, 1.807) is 18.5 Å². The van der Waals surface area contributed by atoms with Crippen molar-refractivity contribution in [2.75, 3.05) is 13.1 Å². The van der Waals surface area contributed by atoms with Crippen molar-refractivity contribution in [1.82, 2.24) is 19.9 Å². The second-order valence-electron chi connectivity index (χ2n) is 8.97. The molecule has 0 unspecified atom stereocenters. The first-order valence-electron chi connectivity index (χ1n) is 11.4. The Morgan fingerprint density at radius 2 is 1.94 bits per heavy atom. The van der Waals surface area contributed by atoms with Gasteiger partial charge in [0, 0.05) is 48.1 Å².